The Morgan fingerprint density at radius 1 is 1.29 bits per heavy atom. The Hall–Kier alpha value is -0.360. The number of halogens is 1. The van der Waals surface area contributed by atoms with Gasteiger partial charge in [-0.15, -0.1) is 12.4 Å². The zero-order valence-electron chi connectivity index (χ0n) is 15.7. The summed E-state index contributed by atoms with van der Waals surface area (Å²) in [7, 11) is 1.68. The summed E-state index contributed by atoms with van der Waals surface area (Å²) in [5.74, 6) is 0.158. The molecule has 24 heavy (non-hydrogen) atoms. The van der Waals surface area contributed by atoms with Crippen LogP contribution in [0.1, 0.15) is 52.9 Å². The van der Waals surface area contributed by atoms with Crippen molar-refractivity contribution in [3.8, 4) is 0 Å². The maximum atomic E-state index is 12.9. The lowest BCUT2D eigenvalue weighted by molar-refractivity contribution is -0.149. The van der Waals surface area contributed by atoms with Gasteiger partial charge in [-0.2, -0.15) is 0 Å². The first kappa shape index (κ1) is 21.7. The highest BCUT2D eigenvalue weighted by molar-refractivity contribution is 5.85. The van der Waals surface area contributed by atoms with E-state index >= 15 is 0 Å². The number of carbonyl (C=O) groups is 1. The largest absolute Gasteiger partial charge is 0.384 e. The van der Waals surface area contributed by atoms with Crippen molar-refractivity contribution < 1.29 is 14.3 Å². The second kappa shape index (κ2) is 9.37. The average molecular weight is 363 g/mol. The number of piperidine rings is 1. The highest BCUT2D eigenvalue weighted by Crippen LogP contribution is 2.43. The van der Waals surface area contributed by atoms with E-state index in [1.54, 1.807) is 7.11 Å². The first-order valence-corrected chi connectivity index (χ1v) is 9.08. The molecule has 0 bridgehead atoms. The quantitative estimate of drug-likeness (QED) is 0.651. The predicted molar refractivity (Wildman–Crippen MR) is 98.6 cm³/mol. The van der Waals surface area contributed by atoms with Crippen molar-refractivity contribution in [2.24, 2.45) is 10.8 Å². The van der Waals surface area contributed by atoms with E-state index in [-0.39, 0.29) is 41.3 Å². The summed E-state index contributed by atoms with van der Waals surface area (Å²) >= 11 is 0. The Balaban J connectivity index is 0.00000288. The van der Waals surface area contributed by atoms with Gasteiger partial charge < -0.3 is 20.1 Å². The van der Waals surface area contributed by atoms with Gasteiger partial charge in [-0.05, 0) is 38.8 Å². The van der Waals surface area contributed by atoms with Crippen LogP contribution in [-0.2, 0) is 14.3 Å². The van der Waals surface area contributed by atoms with Gasteiger partial charge in [0.15, 0.2) is 0 Å². The molecule has 2 aliphatic rings. The van der Waals surface area contributed by atoms with Crippen molar-refractivity contribution in [3.63, 3.8) is 0 Å². The van der Waals surface area contributed by atoms with E-state index in [4.69, 9.17) is 9.47 Å². The van der Waals surface area contributed by atoms with Crippen LogP contribution < -0.4 is 10.6 Å². The number of nitrogens with one attached hydrogen (secondary N) is 2. The van der Waals surface area contributed by atoms with E-state index < -0.39 is 0 Å². The molecule has 1 aliphatic heterocycles. The first-order chi connectivity index (χ1) is 11.0. The summed E-state index contributed by atoms with van der Waals surface area (Å²) in [5.41, 5.74) is -0.366. The molecule has 2 unspecified atom stereocenters. The fourth-order valence-electron chi connectivity index (χ4n) is 3.71. The van der Waals surface area contributed by atoms with Gasteiger partial charge in [-0.25, -0.2) is 0 Å². The molecule has 2 fully saturated rings. The van der Waals surface area contributed by atoms with E-state index in [0.29, 0.717) is 6.61 Å². The number of carbonyl (C=O) groups excluding carboxylic acids is 1. The van der Waals surface area contributed by atoms with Crippen LogP contribution in [-0.4, -0.2) is 51.5 Å². The summed E-state index contributed by atoms with van der Waals surface area (Å²) < 4.78 is 11.3. The molecule has 2 atom stereocenters. The van der Waals surface area contributed by atoms with Crippen LogP contribution in [0.3, 0.4) is 0 Å². The molecule has 1 amide bonds. The number of hydrogen-bond donors (Lipinski definition) is 2. The van der Waals surface area contributed by atoms with Crippen molar-refractivity contribution in [1.29, 1.82) is 0 Å². The Morgan fingerprint density at radius 3 is 2.50 bits per heavy atom. The first-order valence-electron chi connectivity index (χ1n) is 9.08. The van der Waals surface area contributed by atoms with Gasteiger partial charge in [0.05, 0.1) is 18.1 Å². The van der Waals surface area contributed by atoms with E-state index in [9.17, 15) is 4.79 Å². The molecule has 0 aromatic carbocycles. The van der Waals surface area contributed by atoms with Gasteiger partial charge in [0.2, 0.25) is 5.91 Å². The molecule has 0 spiro atoms. The molecular weight excluding hydrogens is 328 g/mol. The SMILES string of the molecule is CCCCOC1CC(NC(=O)C2(COC)CCNCC2)C1(C)C.Cl. The van der Waals surface area contributed by atoms with Crippen molar-refractivity contribution in [3.05, 3.63) is 0 Å². The lowest BCUT2D eigenvalue weighted by atomic mass is 9.64. The third kappa shape index (κ3) is 4.63. The van der Waals surface area contributed by atoms with Crippen LogP contribution in [0.5, 0.6) is 0 Å². The Kier molecular flexibility index (Phi) is 8.46. The smallest absolute Gasteiger partial charge is 0.228 e. The minimum Gasteiger partial charge on any atom is -0.384 e. The van der Waals surface area contributed by atoms with Gasteiger partial charge in [0, 0.05) is 25.2 Å². The maximum absolute atomic E-state index is 12.9. The van der Waals surface area contributed by atoms with E-state index in [1.807, 2.05) is 0 Å². The number of methoxy groups -OCH3 is 1. The molecule has 1 saturated carbocycles. The summed E-state index contributed by atoms with van der Waals surface area (Å²) in [6.45, 7) is 9.66. The number of amides is 1. The van der Waals surface area contributed by atoms with Gasteiger partial charge in [-0.1, -0.05) is 27.2 Å². The fraction of sp³-hybridized carbons (Fsp3) is 0.944. The third-order valence-corrected chi connectivity index (χ3v) is 5.76. The molecule has 0 radical (unpaired) electrons. The van der Waals surface area contributed by atoms with Crippen molar-refractivity contribution >= 4 is 18.3 Å². The van der Waals surface area contributed by atoms with Gasteiger partial charge in [0.25, 0.3) is 0 Å². The Bertz CT molecular complexity index is 392. The van der Waals surface area contributed by atoms with Gasteiger partial charge >= 0.3 is 0 Å². The molecule has 1 saturated heterocycles. The zero-order chi connectivity index (χ0) is 16.9. The average Bonchev–Trinajstić information content (AvgIpc) is 2.54. The normalized spacial score (nSPS) is 27.7. The van der Waals surface area contributed by atoms with E-state index in [0.717, 1.165) is 51.8 Å². The standard InChI is InChI=1S/C18H34N2O3.ClH/c1-5-6-11-23-15-12-14(17(15,2)3)20-16(21)18(13-22-4)7-9-19-10-8-18;/h14-15,19H,5-13H2,1-4H3,(H,20,21);1H. The van der Waals surface area contributed by atoms with Crippen LogP contribution in [0, 0.1) is 10.8 Å². The number of hydrogen-bond acceptors (Lipinski definition) is 4. The second-order valence-electron chi connectivity index (χ2n) is 7.76. The monoisotopic (exact) mass is 362 g/mol. The van der Waals surface area contributed by atoms with Crippen molar-refractivity contribution in [2.75, 3.05) is 33.4 Å². The van der Waals surface area contributed by atoms with Crippen molar-refractivity contribution in [1.82, 2.24) is 10.6 Å². The summed E-state index contributed by atoms with van der Waals surface area (Å²) in [6, 6.07) is 0.199. The molecule has 0 aromatic rings. The number of rotatable bonds is 8. The molecule has 6 heteroatoms. The number of ether oxygens (including phenoxy) is 2. The summed E-state index contributed by atoms with van der Waals surface area (Å²) in [4.78, 5) is 12.9. The fourth-order valence-corrected chi connectivity index (χ4v) is 3.71. The lowest BCUT2D eigenvalue weighted by Gasteiger charge is -2.52. The van der Waals surface area contributed by atoms with Gasteiger partial charge in [0.1, 0.15) is 0 Å². The van der Waals surface area contributed by atoms with E-state index in [2.05, 4.69) is 31.4 Å². The molecule has 142 valence electrons. The highest BCUT2D eigenvalue weighted by Gasteiger charge is 2.51. The lowest BCUT2D eigenvalue weighted by Crippen LogP contribution is -2.64. The van der Waals surface area contributed by atoms with E-state index in [1.165, 1.54) is 0 Å². The minimum atomic E-state index is -0.371. The topological polar surface area (TPSA) is 59.6 Å². The highest BCUT2D eigenvalue weighted by atomic mass is 35.5. The molecule has 2 rings (SSSR count). The maximum Gasteiger partial charge on any atom is 0.228 e. The molecular formula is C18H35ClN2O3. The van der Waals surface area contributed by atoms with Crippen LogP contribution in [0.2, 0.25) is 0 Å². The summed E-state index contributed by atoms with van der Waals surface area (Å²) in [5, 5.41) is 6.63. The van der Waals surface area contributed by atoms with Crippen LogP contribution in [0.4, 0.5) is 0 Å². The molecule has 2 N–H and O–H groups in total. The molecule has 0 aromatic heterocycles. The number of unbranched alkanes of at least 4 members (excludes halogenated alkanes) is 1. The Labute approximate surface area is 153 Å². The molecule has 1 aliphatic carbocycles. The van der Waals surface area contributed by atoms with Crippen LogP contribution in [0.25, 0.3) is 0 Å². The second-order valence-corrected chi connectivity index (χ2v) is 7.76. The zero-order valence-corrected chi connectivity index (χ0v) is 16.5. The minimum absolute atomic E-state index is 0. The van der Waals surface area contributed by atoms with Crippen molar-refractivity contribution in [2.45, 2.75) is 65.0 Å². The third-order valence-electron chi connectivity index (χ3n) is 5.76. The predicted octanol–water partition coefficient (Wildman–Crippen LogP) is 2.52. The summed E-state index contributed by atoms with van der Waals surface area (Å²) in [6.07, 6.45) is 5.12. The molecule has 5 nitrogen and oxygen atoms in total. The molecule has 1 heterocycles. The van der Waals surface area contributed by atoms with Crippen LogP contribution in [0.15, 0.2) is 0 Å². The Morgan fingerprint density at radius 2 is 1.96 bits per heavy atom. The van der Waals surface area contributed by atoms with Crippen LogP contribution >= 0.6 is 12.4 Å². The van der Waals surface area contributed by atoms with Gasteiger partial charge in [-0.3, -0.25) is 4.79 Å².